The molecule has 0 aromatic heterocycles. The lowest BCUT2D eigenvalue weighted by molar-refractivity contribution is 0.0719. The maximum Gasteiger partial charge on any atom is 0.322 e. The Morgan fingerprint density at radius 3 is 2.81 bits per heavy atom. The van der Waals surface area contributed by atoms with Crippen molar-refractivity contribution in [2.24, 2.45) is 5.92 Å². The molecule has 0 radical (unpaired) electrons. The maximum atomic E-state index is 12.8. The van der Waals surface area contributed by atoms with Gasteiger partial charge in [-0.3, -0.25) is 0 Å². The topological polar surface area (TPSA) is 71.0 Å². The molecule has 1 aliphatic heterocycles. The molecule has 2 aromatic rings. The number of hydrogen-bond donors (Lipinski definition) is 2. The predicted molar refractivity (Wildman–Crippen MR) is 105 cm³/mol. The Morgan fingerprint density at radius 2 is 2.15 bits per heavy atom. The quantitative estimate of drug-likeness (QED) is 0.791. The lowest BCUT2D eigenvalue weighted by atomic mass is 9.90. The van der Waals surface area contributed by atoms with Crippen molar-refractivity contribution in [1.29, 1.82) is 0 Å². The third-order valence-corrected chi connectivity index (χ3v) is 5.13. The summed E-state index contributed by atoms with van der Waals surface area (Å²) in [5.41, 5.74) is 1.23. The highest BCUT2D eigenvalue weighted by Crippen LogP contribution is 2.44. The number of hydrogen-bond acceptors (Lipinski definition) is 4. The van der Waals surface area contributed by atoms with Gasteiger partial charge in [0.2, 0.25) is 0 Å². The maximum absolute atomic E-state index is 12.8. The second-order valence-corrected chi connectivity index (χ2v) is 7.09. The van der Waals surface area contributed by atoms with E-state index in [0.717, 1.165) is 5.56 Å². The number of nitrogens with zero attached hydrogens (tertiary/aromatic N) is 1. The molecule has 1 aliphatic rings. The second-order valence-electron chi connectivity index (χ2n) is 6.24. The van der Waals surface area contributed by atoms with Gasteiger partial charge in [-0.15, -0.1) is 0 Å². The third kappa shape index (κ3) is 3.93. The van der Waals surface area contributed by atoms with E-state index in [2.05, 4.69) is 5.32 Å². The summed E-state index contributed by atoms with van der Waals surface area (Å²) < 4.78 is 11.1. The van der Waals surface area contributed by atoms with E-state index in [0.29, 0.717) is 27.2 Å². The number of benzene rings is 2. The fourth-order valence-electron chi connectivity index (χ4n) is 3.21. The number of carbonyl (C=O) groups excluding carboxylic acids is 1. The Morgan fingerprint density at radius 1 is 1.37 bits per heavy atom. The molecule has 1 heterocycles. The van der Waals surface area contributed by atoms with E-state index in [4.69, 9.17) is 32.7 Å². The van der Waals surface area contributed by atoms with Crippen molar-refractivity contribution in [2.75, 3.05) is 32.7 Å². The number of fused-ring (bicyclic) bond motifs is 1. The minimum Gasteiger partial charge on any atom is -0.493 e. The smallest absolute Gasteiger partial charge is 0.322 e. The number of anilines is 1. The minimum atomic E-state index is -0.389. The molecular weight excluding hydrogens is 391 g/mol. The number of aliphatic hydroxyl groups excluding tert-OH is 1. The first kappa shape index (κ1) is 19.6. The Hall–Kier alpha value is -2.15. The van der Waals surface area contributed by atoms with Crippen LogP contribution in [-0.2, 0) is 0 Å². The largest absolute Gasteiger partial charge is 0.493 e. The molecule has 2 N–H and O–H groups in total. The van der Waals surface area contributed by atoms with E-state index in [1.54, 1.807) is 38.4 Å². The molecule has 0 saturated heterocycles. The van der Waals surface area contributed by atoms with E-state index in [-0.39, 0.29) is 31.2 Å². The second kappa shape index (κ2) is 8.25. The van der Waals surface area contributed by atoms with Gasteiger partial charge in [-0.1, -0.05) is 35.3 Å². The molecule has 0 spiro atoms. The van der Waals surface area contributed by atoms with Gasteiger partial charge in [0.05, 0.1) is 37.1 Å². The molecule has 27 heavy (non-hydrogen) atoms. The van der Waals surface area contributed by atoms with E-state index < -0.39 is 0 Å². The fraction of sp³-hybridized carbons (Fsp3) is 0.316. The highest BCUT2D eigenvalue weighted by molar-refractivity contribution is 6.36. The lowest BCUT2D eigenvalue weighted by Gasteiger charge is -2.38. The zero-order chi connectivity index (χ0) is 19.6. The number of ether oxygens (including phenoxy) is 2. The van der Waals surface area contributed by atoms with Gasteiger partial charge in [-0.25, -0.2) is 4.79 Å². The van der Waals surface area contributed by atoms with Gasteiger partial charge in [0, 0.05) is 23.6 Å². The van der Waals surface area contributed by atoms with Crippen molar-refractivity contribution in [1.82, 2.24) is 4.90 Å². The number of methoxy groups -OCH3 is 1. The molecule has 0 fully saturated rings. The van der Waals surface area contributed by atoms with Gasteiger partial charge in [0.25, 0.3) is 0 Å². The summed E-state index contributed by atoms with van der Waals surface area (Å²) >= 11 is 12.0. The number of nitrogens with one attached hydrogen (secondary N) is 1. The van der Waals surface area contributed by atoms with Crippen LogP contribution in [0.15, 0.2) is 36.4 Å². The minimum absolute atomic E-state index is 0.124. The molecule has 0 unspecified atom stereocenters. The average Bonchev–Trinajstić information content (AvgIpc) is 2.67. The Bertz CT molecular complexity index is 846. The number of carbonyl (C=O) groups is 1. The van der Waals surface area contributed by atoms with Crippen molar-refractivity contribution < 1.29 is 19.4 Å². The summed E-state index contributed by atoms with van der Waals surface area (Å²) in [5.74, 6) is 0.892. The van der Waals surface area contributed by atoms with E-state index in [1.807, 2.05) is 12.1 Å². The Balaban J connectivity index is 1.90. The van der Waals surface area contributed by atoms with Crippen LogP contribution in [0.2, 0.25) is 10.0 Å². The summed E-state index contributed by atoms with van der Waals surface area (Å²) in [7, 11) is 3.23. The highest BCUT2D eigenvalue weighted by Gasteiger charge is 2.37. The lowest BCUT2D eigenvalue weighted by Crippen LogP contribution is -2.43. The molecule has 0 aliphatic carbocycles. The monoisotopic (exact) mass is 410 g/mol. The van der Waals surface area contributed by atoms with Crippen LogP contribution in [0.1, 0.15) is 11.6 Å². The molecule has 0 bridgehead atoms. The van der Waals surface area contributed by atoms with Crippen LogP contribution in [0, 0.1) is 5.92 Å². The van der Waals surface area contributed by atoms with Crippen LogP contribution < -0.4 is 14.8 Å². The molecule has 2 aromatic carbocycles. The van der Waals surface area contributed by atoms with Crippen LogP contribution in [0.5, 0.6) is 11.5 Å². The molecule has 8 heteroatoms. The first-order valence-corrected chi connectivity index (χ1v) is 9.11. The number of aliphatic hydroxyl groups is 1. The Labute approximate surface area is 167 Å². The predicted octanol–water partition coefficient (Wildman–Crippen LogP) is 4.21. The first-order chi connectivity index (χ1) is 13.0. The number of halogens is 2. The van der Waals surface area contributed by atoms with Crippen molar-refractivity contribution in [3.63, 3.8) is 0 Å². The number of amides is 2. The summed E-state index contributed by atoms with van der Waals surface area (Å²) in [4.78, 5) is 14.4. The summed E-state index contributed by atoms with van der Waals surface area (Å²) in [6.07, 6.45) is 0. The molecule has 6 nitrogen and oxygen atoms in total. The average molecular weight is 411 g/mol. The van der Waals surface area contributed by atoms with Crippen LogP contribution in [0.4, 0.5) is 10.5 Å². The zero-order valence-corrected chi connectivity index (χ0v) is 16.4. The van der Waals surface area contributed by atoms with Crippen molar-refractivity contribution in [3.05, 3.63) is 52.0 Å². The molecular formula is C19H20Cl2N2O4. The molecule has 0 saturated carbocycles. The molecule has 2 amide bonds. The van der Waals surface area contributed by atoms with Gasteiger partial charge in [-0.05, 0) is 24.3 Å². The zero-order valence-electron chi connectivity index (χ0n) is 14.9. The fourth-order valence-corrected chi connectivity index (χ4v) is 3.67. The standard InChI is InChI=1S/C19H20Cl2N2O4/c1-23(19(25)22-15-7-6-12(20)8-14(15)21)17-11(9-24)10-27-18-13(17)4-3-5-16(18)26-2/h3-8,11,17,24H,9-10H2,1-2H3,(H,22,25)/t11-,17-/m0/s1. The first-order valence-electron chi connectivity index (χ1n) is 8.35. The van der Waals surface area contributed by atoms with Gasteiger partial charge in [-0.2, -0.15) is 0 Å². The van der Waals surface area contributed by atoms with E-state index in [1.165, 1.54) is 4.90 Å². The SMILES string of the molecule is COc1cccc2c1OC[C@H](CO)[C@@H]2N(C)C(=O)Nc1ccc(Cl)cc1Cl. The highest BCUT2D eigenvalue weighted by atomic mass is 35.5. The van der Waals surface area contributed by atoms with Crippen molar-refractivity contribution >= 4 is 34.9 Å². The van der Waals surface area contributed by atoms with Crippen molar-refractivity contribution in [3.8, 4) is 11.5 Å². The van der Waals surface area contributed by atoms with Crippen molar-refractivity contribution in [2.45, 2.75) is 6.04 Å². The van der Waals surface area contributed by atoms with Crippen LogP contribution >= 0.6 is 23.2 Å². The summed E-state index contributed by atoms with van der Waals surface area (Å²) in [6.45, 7) is 0.147. The van der Waals surface area contributed by atoms with Gasteiger partial charge >= 0.3 is 6.03 Å². The Kier molecular flexibility index (Phi) is 5.99. The summed E-state index contributed by atoms with van der Waals surface area (Å²) in [5, 5.41) is 13.4. The molecule has 2 atom stereocenters. The van der Waals surface area contributed by atoms with Crippen LogP contribution in [0.3, 0.4) is 0 Å². The van der Waals surface area contributed by atoms with E-state index in [9.17, 15) is 9.90 Å². The van der Waals surface area contributed by atoms with Gasteiger partial charge < -0.3 is 24.8 Å². The van der Waals surface area contributed by atoms with Gasteiger partial charge in [0.15, 0.2) is 11.5 Å². The van der Waals surface area contributed by atoms with Gasteiger partial charge in [0.1, 0.15) is 0 Å². The van der Waals surface area contributed by atoms with E-state index >= 15 is 0 Å². The molecule has 144 valence electrons. The molecule has 3 rings (SSSR count). The number of para-hydroxylation sites is 1. The van der Waals surface area contributed by atoms with Crippen LogP contribution in [-0.4, -0.2) is 43.4 Å². The number of rotatable bonds is 4. The summed E-state index contributed by atoms with van der Waals surface area (Å²) in [6, 6.07) is 9.58. The number of urea groups is 1. The van der Waals surface area contributed by atoms with Crippen LogP contribution in [0.25, 0.3) is 0 Å². The third-order valence-electron chi connectivity index (χ3n) is 4.58. The normalized spacial score (nSPS) is 18.3.